The number of amides is 1. The highest BCUT2D eigenvalue weighted by atomic mass is 16.1. The van der Waals surface area contributed by atoms with E-state index in [0.29, 0.717) is 12.8 Å². The van der Waals surface area contributed by atoms with Gasteiger partial charge < -0.3 is 11.1 Å². The summed E-state index contributed by atoms with van der Waals surface area (Å²) in [7, 11) is 0. The molecule has 1 aromatic carbocycles. The van der Waals surface area contributed by atoms with Crippen LogP contribution in [-0.2, 0) is 10.2 Å². The molecule has 1 unspecified atom stereocenters. The van der Waals surface area contributed by atoms with E-state index in [2.05, 4.69) is 44.3 Å². The molecule has 0 heterocycles. The molecule has 0 fully saturated rings. The maximum absolute atomic E-state index is 11.9. The summed E-state index contributed by atoms with van der Waals surface area (Å²) in [6.45, 7) is 10.4. The normalized spacial score (nSPS) is 13.2. The highest BCUT2D eigenvalue weighted by Gasteiger charge is 2.15. The molecule has 3 N–H and O–H groups in total. The van der Waals surface area contributed by atoms with E-state index < -0.39 is 0 Å². The van der Waals surface area contributed by atoms with E-state index in [9.17, 15) is 4.79 Å². The second-order valence-corrected chi connectivity index (χ2v) is 6.34. The van der Waals surface area contributed by atoms with E-state index in [1.807, 2.05) is 13.8 Å². The molecule has 3 nitrogen and oxygen atoms in total. The van der Waals surface area contributed by atoms with Crippen molar-refractivity contribution in [1.29, 1.82) is 0 Å². The Hall–Kier alpha value is -1.35. The van der Waals surface area contributed by atoms with Crippen LogP contribution in [0.3, 0.4) is 0 Å². The van der Waals surface area contributed by atoms with Crippen molar-refractivity contribution in [3.8, 4) is 0 Å². The van der Waals surface area contributed by atoms with Gasteiger partial charge in [0.1, 0.15) is 0 Å². The first-order valence-corrected chi connectivity index (χ1v) is 6.86. The Kier molecular flexibility index (Phi) is 5.12. The minimum atomic E-state index is 0.0338. The average Bonchev–Trinajstić information content (AvgIpc) is 2.28. The molecule has 0 aliphatic carbocycles. The Morgan fingerprint density at radius 1 is 1.37 bits per heavy atom. The third-order valence-electron chi connectivity index (χ3n) is 3.20. The van der Waals surface area contributed by atoms with Crippen LogP contribution in [0.25, 0.3) is 0 Å². The lowest BCUT2D eigenvalue weighted by Gasteiger charge is -2.21. The molecular weight excluding hydrogens is 236 g/mol. The molecule has 0 bridgehead atoms. The molecule has 19 heavy (non-hydrogen) atoms. The summed E-state index contributed by atoms with van der Waals surface area (Å²) in [5.74, 6) is 0.0338. The Labute approximate surface area is 116 Å². The molecular formula is C16H26N2O. The fourth-order valence-electron chi connectivity index (χ4n) is 1.79. The zero-order valence-electron chi connectivity index (χ0n) is 12.7. The van der Waals surface area contributed by atoms with Crippen molar-refractivity contribution in [2.45, 2.75) is 58.9 Å². The quantitative estimate of drug-likeness (QED) is 0.874. The summed E-state index contributed by atoms with van der Waals surface area (Å²) in [6.07, 6.45) is 1.18. The van der Waals surface area contributed by atoms with E-state index >= 15 is 0 Å². The molecule has 0 saturated carbocycles. The predicted molar refractivity (Wildman–Crippen MR) is 81.4 cm³/mol. The first kappa shape index (κ1) is 15.7. The van der Waals surface area contributed by atoms with Crippen molar-refractivity contribution >= 4 is 11.6 Å². The van der Waals surface area contributed by atoms with Crippen molar-refractivity contribution < 1.29 is 4.79 Å². The summed E-state index contributed by atoms with van der Waals surface area (Å²) < 4.78 is 0. The van der Waals surface area contributed by atoms with Crippen LogP contribution in [0, 0.1) is 6.92 Å². The summed E-state index contributed by atoms with van der Waals surface area (Å²) in [5, 5.41) is 2.98. The van der Waals surface area contributed by atoms with Crippen LogP contribution in [0.1, 0.15) is 51.7 Å². The van der Waals surface area contributed by atoms with Crippen molar-refractivity contribution in [1.82, 2.24) is 0 Å². The number of anilines is 1. The van der Waals surface area contributed by atoms with Crippen LogP contribution >= 0.6 is 0 Å². The minimum absolute atomic E-state index is 0.0338. The number of aryl methyl sites for hydroxylation is 1. The molecule has 0 spiro atoms. The highest BCUT2D eigenvalue weighted by molar-refractivity contribution is 5.91. The van der Waals surface area contributed by atoms with Crippen molar-refractivity contribution in [3.63, 3.8) is 0 Å². The largest absolute Gasteiger partial charge is 0.328 e. The van der Waals surface area contributed by atoms with Gasteiger partial charge in [-0.25, -0.2) is 0 Å². The first-order valence-electron chi connectivity index (χ1n) is 6.86. The molecule has 0 aliphatic rings. The Balaban J connectivity index is 2.80. The van der Waals surface area contributed by atoms with Gasteiger partial charge in [0, 0.05) is 18.2 Å². The predicted octanol–water partition coefficient (Wildman–Crippen LogP) is 3.36. The van der Waals surface area contributed by atoms with Gasteiger partial charge in [-0.1, -0.05) is 32.9 Å². The second-order valence-electron chi connectivity index (χ2n) is 6.34. The van der Waals surface area contributed by atoms with Gasteiger partial charge >= 0.3 is 0 Å². The highest BCUT2D eigenvalue weighted by Crippen LogP contribution is 2.27. The van der Waals surface area contributed by atoms with Gasteiger partial charge in [-0.2, -0.15) is 0 Å². The molecule has 3 heteroatoms. The van der Waals surface area contributed by atoms with Gasteiger partial charge in [0.05, 0.1) is 0 Å². The maximum Gasteiger partial charge on any atom is 0.224 e. The fraction of sp³-hybridized carbons (Fsp3) is 0.562. The topological polar surface area (TPSA) is 55.1 Å². The lowest BCUT2D eigenvalue weighted by atomic mass is 9.86. The molecule has 0 aliphatic heterocycles. The van der Waals surface area contributed by atoms with Gasteiger partial charge in [0.15, 0.2) is 0 Å². The number of hydrogen-bond acceptors (Lipinski definition) is 2. The fourth-order valence-corrected chi connectivity index (χ4v) is 1.79. The van der Waals surface area contributed by atoms with E-state index in [-0.39, 0.29) is 17.4 Å². The number of nitrogens with one attached hydrogen (secondary N) is 1. The second kappa shape index (κ2) is 6.20. The number of carbonyl (C=O) groups excluding carboxylic acids is 1. The SMILES string of the molecule is Cc1ccc(C(C)(C)C)cc1NC(=O)CCC(C)N. The number of benzene rings is 1. The maximum atomic E-state index is 11.9. The molecule has 106 valence electrons. The van der Waals surface area contributed by atoms with Crippen LogP contribution in [0.15, 0.2) is 18.2 Å². The molecule has 0 radical (unpaired) electrons. The van der Waals surface area contributed by atoms with Gasteiger partial charge in [-0.15, -0.1) is 0 Å². The van der Waals surface area contributed by atoms with Crippen LogP contribution in [0.2, 0.25) is 0 Å². The number of carbonyl (C=O) groups is 1. The van der Waals surface area contributed by atoms with Gasteiger partial charge in [-0.3, -0.25) is 4.79 Å². The first-order chi connectivity index (χ1) is 8.70. The number of hydrogen-bond donors (Lipinski definition) is 2. The third-order valence-corrected chi connectivity index (χ3v) is 3.20. The molecule has 1 atom stereocenters. The third kappa shape index (κ3) is 5.03. The standard InChI is InChI=1S/C16H26N2O/c1-11-6-8-13(16(3,4)5)10-14(11)18-15(19)9-7-12(2)17/h6,8,10,12H,7,9,17H2,1-5H3,(H,18,19). The summed E-state index contributed by atoms with van der Waals surface area (Å²) >= 11 is 0. The molecule has 0 aromatic heterocycles. The van der Waals surface area contributed by atoms with Crippen LogP contribution < -0.4 is 11.1 Å². The van der Waals surface area contributed by atoms with E-state index in [0.717, 1.165) is 11.3 Å². The van der Waals surface area contributed by atoms with E-state index in [4.69, 9.17) is 5.73 Å². The van der Waals surface area contributed by atoms with Gasteiger partial charge in [-0.05, 0) is 42.9 Å². The molecule has 1 amide bonds. The summed E-state index contributed by atoms with van der Waals surface area (Å²) in [5.41, 5.74) is 8.96. The molecule has 1 rings (SSSR count). The summed E-state index contributed by atoms with van der Waals surface area (Å²) in [4.78, 5) is 11.9. The summed E-state index contributed by atoms with van der Waals surface area (Å²) in [6, 6.07) is 6.31. The Morgan fingerprint density at radius 3 is 2.53 bits per heavy atom. The number of rotatable bonds is 4. The van der Waals surface area contributed by atoms with Crippen molar-refractivity contribution in [3.05, 3.63) is 29.3 Å². The Morgan fingerprint density at radius 2 is 2.00 bits per heavy atom. The van der Waals surface area contributed by atoms with Crippen molar-refractivity contribution in [2.24, 2.45) is 5.73 Å². The number of nitrogens with two attached hydrogens (primary N) is 1. The van der Waals surface area contributed by atoms with Gasteiger partial charge in [0.25, 0.3) is 0 Å². The molecule has 1 aromatic rings. The lowest BCUT2D eigenvalue weighted by Crippen LogP contribution is -2.20. The minimum Gasteiger partial charge on any atom is -0.328 e. The zero-order valence-corrected chi connectivity index (χ0v) is 12.7. The average molecular weight is 262 g/mol. The van der Waals surface area contributed by atoms with Crippen molar-refractivity contribution in [2.75, 3.05) is 5.32 Å². The molecule has 0 saturated heterocycles. The van der Waals surface area contributed by atoms with E-state index in [1.54, 1.807) is 0 Å². The van der Waals surface area contributed by atoms with Gasteiger partial charge in [0.2, 0.25) is 5.91 Å². The van der Waals surface area contributed by atoms with E-state index in [1.165, 1.54) is 5.56 Å². The Bertz CT molecular complexity index is 445. The monoisotopic (exact) mass is 262 g/mol. The smallest absolute Gasteiger partial charge is 0.224 e. The zero-order chi connectivity index (χ0) is 14.6. The van der Waals surface area contributed by atoms with Crippen LogP contribution in [0.4, 0.5) is 5.69 Å². The van der Waals surface area contributed by atoms with Crippen LogP contribution in [0.5, 0.6) is 0 Å². The lowest BCUT2D eigenvalue weighted by molar-refractivity contribution is -0.116. The van der Waals surface area contributed by atoms with Crippen LogP contribution in [-0.4, -0.2) is 11.9 Å².